The first-order valence-electron chi connectivity index (χ1n) is 10.7. The average molecular weight is 424 g/mol. The van der Waals surface area contributed by atoms with Crippen LogP contribution in [0.15, 0.2) is 60.2 Å². The highest BCUT2D eigenvalue weighted by Crippen LogP contribution is 2.47. The van der Waals surface area contributed by atoms with Gasteiger partial charge in [-0.2, -0.15) is 0 Å². The van der Waals surface area contributed by atoms with Gasteiger partial charge in [0.25, 0.3) is 0 Å². The van der Waals surface area contributed by atoms with Crippen molar-refractivity contribution in [1.29, 1.82) is 0 Å². The van der Waals surface area contributed by atoms with Gasteiger partial charge in [0.05, 0.1) is 14.2 Å². The molecule has 2 atom stereocenters. The van der Waals surface area contributed by atoms with Crippen molar-refractivity contribution in [3.05, 3.63) is 71.3 Å². The summed E-state index contributed by atoms with van der Waals surface area (Å²) in [5.41, 5.74) is 0.987. The third kappa shape index (κ3) is 4.12. The molecule has 6 nitrogen and oxygen atoms in total. The largest absolute Gasteiger partial charge is 0.497 e. The minimum atomic E-state index is -1.63. The maximum Gasteiger partial charge on any atom is 0.413 e. The number of nitrogens with zero attached hydrogens (tertiary/aromatic N) is 1. The Labute approximate surface area is 183 Å². The van der Waals surface area contributed by atoms with E-state index in [-0.39, 0.29) is 0 Å². The van der Waals surface area contributed by atoms with E-state index in [2.05, 4.69) is 6.08 Å². The smallest absolute Gasteiger partial charge is 0.413 e. The molecule has 2 aromatic rings. The van der Waals surface area contributed by atoms with Crippen molar-refractivity contribution in [2.45, 2.75) is 43.9 Å². The molecule has 6 heteroatoms. The summed E-state index contributed by atoms with van der Waals surface area (Å²) in [7, 11) is 3.19. The fourth-order valence-electron chi connectivity index (χ4n) is 4.40. The second-order valence-corrected chi connectivity index (χ2v) is 8.00. The number of amides is 1. The number of benzene rings is 2. The fraction of sp³-hybridized carbons (Fsp3) is 0.400. The zero-order valence-electron chi connectivity index (χ0n) is 18.0. The highest BCUT2D eigenvalue weighted by Gasteiger charge is 2.55. The molecule has 1 aliphatic heterocycles. The molecule has 0 aromatic heterocycles. The van der Waals surface area contributed by atoms with Gasteiger partial charge in [-0.1, -0.05) is 35.9 Å². The molecular formula is C25H29NO5. The van der Waals surface area contributed by atoms with Crippen LogP contribution in [0.3, 0.4) is 0 Å². The predicted molar refractivity (Wildman–Crippen MR) is 117 cm³/mol. The number of hydrogen-bond acceptors (Lipinski definition) is 5. The summed E-state index contributed by atoms with van der Waals surface area (Å²) in [5.74, 6) is 1.37. The quantitative estimate of drug-likeness (QED) is 0.640. The van der Waals surface area contributed by atoms with Crippen LogP contribution in [0, 0.1) is 0 Å². The lowest BCUT2D eigenvalue weighted by atomic mass is 9.90. The fourth-order valence-corrected chi connectivity index (χ4v) is 4.40. The van der Waals surface area contributed by atoms with Crippen LogP contribution in [0.1, 0.15) is 49.3 Å². The Hall–Kier alpha value is -2.99. The summed E-state index contributed by atoms with van der Waals surface area (Å²) in [6, 6.07) is 14.4. The van der Waals surface area contributed by atoms with E-state index >= 15 is 0 Å². The van der Waals surface area contributed by atoms with E-state index in [4.69, 9.17) is 14.2 Å². The van der Waals surface area contributed by atoms with Crippen molar-refractivity contribution in [3.8, 4) is 11.5 Å². The minimum absolute atomic E-state index is 0.389. The molecule has 1 fully saturated rings. The topological polar surface area (TPSA) is 68.2 Å². The summed E-state index contributed by atoms with van der Waals surface area (Å²) < 4.78 is 16.2. The van der Waals surface area contributed by atoms with E-state index in [1.165, 1.54) is 23.3 Å². The molecule has 0 radical (unpaired) electrons. The number of carbonyl (C=O) groups is 1. The lowest BCUT2D eigenvalue weighted by Gasteiger charge is -2.35. The molecule has 1 amide bonds. The first-order chi connectivity index (χ1) is 15.1. The maximum absolute atomic E-state index is 12.9. The first-order valence-corrected chi connectivity index (χ1v) is 10.7. The van der Waals surface area contributed by atoms with Crippen molar-refractivity contribution < 1.29 is 24.1 Å². The van der Waals surface area contributed by atoms with Crippen molar-refractivity contribution in [1.82, 2.24) is 4.90 Å². The Bertz CT molecular complexity index is 937. The third-order valence-corrected chi connectivity index (χ3v) is 6.19. The molecule has 0 unspecified atom stereocenters. The average Bonchev–Trinajstić information content (AvgIpc) is 3.09. The Morgan fingerprint density at radius 1 is 1.03 bits per heavy atom. The predicted octanol–water partition coefficient (Wildman–Crippen LogP) is 4.93. The van der Waals surface area contributed by atoms with E-state index in [9.17, 15) is 9.90 Å². The van der Waals surface area contributed by atoms with Gasteiger partial charge >= 0.3 is 6.09 Å². The monoisotopic (exact) mass is 423 g/mol. The van der Waals surface area contributed by atoms with Crippen LogP contribution in [0.25, 0.3) is 0 Å². The number of ether oxygens (including phenoxy) is 3. The van der Waals surface area contributed by atoms with Crippen molar-refractivity contribution in [2.75, 3.05) is 20.8 Å². The highest BCUT2D eigenvalue weighted by molar-refractivity contribution is 5.72. The molecular weight excluding hydrogens is 394 g/mol. The van der Waals surface area contributed by atoms with Crippen molar-refractivity contribution in [2.24, 2.45) is 0 Å². The van der Waals surface area contributed by atoms with Gasteiger partial charge in [0.1, 0.15) is 11.5 Å². The summed E-state index contributed by atoms with van der Waals surface area (Å²) in [6.07, 6.45) is 6.12. The molecule has 1 aliphatic carbocycles. The van der Waals surface area contributed by atoms with Gasteiger partial charge in [-0.3, -0.25) is 4.90 Å². The minimum Gasteiger partial charge on any atom is -0.497 e. The van der Waals surface area contributed by atoms with Crippen LogP contribution in [-0.4, -0.2) is 36.9 Å². The third-order valence-electron chi connectivity index (χ3n) is 6.19. The Balaban J connectivity index is 1.69. The number of methoxy groups -OCH3 is 2. The maximum atomic E-state index is 12.9. The van der Waals surface area contributed by atoms with E-state index < -0.39 is 17.9 Å². The second-order valence-electron chi connectivity index (χ2n) is 8.00. The van der Waals surface area contributed by atoms with Crippen molar-refractivity contribution >= 4 is 6.09 Å². The van der Waals surface area contributed by atoms with Gasteiger partial charge in [0.2, 0.25) is 5.72 Å². The number of aliphatic hydroxyl groups is 1. The van der Waals surface area contributed by atoms with Gasteiger partial charge in [-0.15, -0.1) is 0 Å². The van der Waals surface area contributed by atoms with Gasteiger partial charge in [-0.05, 0) is 61.9 Å². The molecule has 0 bridgehead atoms. The van der Waals surface area contributed by atoms with Crippen molar-refractivity contribution in [3.63, 3.8) is 0 Å². The zero-order valence-corrected chi connectivity index (χ0v) is 18.0. The first kappa shape index (κ1) is 21.2. The van der Waals surface area contributed by atoms with Gasteiger partial charge in [0, 0.05) is 12.1 Å². The Morgan fingerprint density at radius 2 is 1.68 bits per heavy atom. The SMILES string of the molecule is COc1ccc([C@H]2OC(=O)N(CCC3=CCCCC3)[C@]2(O)c2ccc(OC)cc2)cc1. The molecule has 1 heterocycles. The summed E-state index contributed by atoms with van der Waals surface area (Å²) in [6.45, 7) is 0.389. The summed E-state index contributed by atoms with van der Waals surface area (Å²) in [5, 5.41) is 12.0. The highest BCUT2D eigenvalue weighted by atomic mass is 16.6. The van der Waals surface area contributed by atoms with Crippen LogP contribution in [0.4, 0.5) is 4.79 Å². The van der Waals surface area contributed by atoms with Crippen LogP contribution in [0.5, 0.6) is 11.5 Å². The van der Waals surface area contributed by atoms with Crippen LogP contribution >= 0.6 is 0 Å². The molecule has 31 heavy (non-hydrogen) atoms. The number of allylic oxidation sites excluding steroid dienone is 1. The Kier molecular flexibility index (Phi) is 6.18. The lowest BCUT2D eigenvalue weighted by molar-refractivity contribution is -0.109. The van der Waals surface area contributed by atoms with Gasteiger partial charge in [0.15, 0.2) is 6.10 Å². The van der Waals surface area contributed by atoms with E-state index in [0.29, 0.717) is 29.2 Å². The standard InChI is InChI=1S/C25H29NO5/c1-29-21-12-8-19(9-13-21)23-25(28,20-10-14-22(30-2)15-11-20)26(24(27)31-23)17-16-18-6-4-3-5-7-18/h6,8-15,23,28H,3-5,7,16-17H2,1-2H3/t23-,25+/m1/s1. The second kappa shape index (κ2) is 9.02. The molecule has 164 valence electrons. The van der Waals surface area contributed by atoms with Crippen LogP contribution < -0.4 is 9.47 Å². The summed E-state index contributed by atoms with van der Waals surface area (Å²) in [4.78, 5) is 14.4. The van der Waals surface area contributed by atoms with E-state index in [1.54, 1.807) is 50.6 Å². The normalized spacial score (nSPS) is 23.3. The van der Waals surface area contributed by atoms with E-state index in [0.717, 1.165) is 19.3 Å². The number of cyclic esters (lactones) is 1. The van der Waals surface area contributed by atoms with E-state index in [1.807, 2.05) is 12.1 Å². The molecule has 1 saturated heterocycles. The Morgan fingerprint density at radius 3 is 2.26 bits per heavy atom. The molecule has 0 saturated carbocycles. The molecule has 2 aliphatic rings. The van der Waals surface area contributed by atoms with Gasteiger partial charge in [-0.25, -0.2) is 4.79 Å². The molecule has 2 aromatic carbocycles. The number of rotatable bonds is 7. The summed E-state index contributed by atoms with van der Waals surface area (Å²) >= 11 is 0. The number of carbonyl (C=O) groups excluding carboxylic acids is 1. The zero-order chi connectivity index (χ0) is 21.8. The molecule has 1 N–H and O–H groups in total. The molecule has 4 rings (SSSR count). The van der Waals surface area contributed by atoms with Crippen LogP contribution in [0.2, 0.25) is 0 Å². The molecule has 0 spiro atoms. The van der Waals surface area contributed by atoms with Gasteiger partial charge < -0.3 is 19.3 Å². The number of hydrogen-bond donors (Lipinski definition) is 1. The lowest BCUT2D eigenvalue weighted by Crippen LogP contribution is -2.46. The van der Waals surface area contributed by atoms with Crippen LogP contribution in [-0.2, 0) is 10.5 Å².